The van der Waals surface area contributed by atoms with E-state index in [1.165, 1.54) is 6.92 Å². The number of hydrogen-bond donors (Lipinski definition) is 2. The summed E-state index contributed by atoms with van der Waals surface area (Å²) in [5, 5.41) is 19.6. The minimum absolute atomic E-state index is 0.177. The van der Waals surface area contributed by atoms with Gasteiger partial charge in [0.25, 0.3) is 0 Å². The molecule has 160 valence electrons. The van der Waals surface area contributed by atoms with Crippen molar-refractivity contribution in [3.63, 3.8) is 0 Å². The fourth-order valence-corrected chi connectivity index (χ4v) is 3.95. The number of aryl methyl sites for hydroxylation is 1. The Bertz CT molecular complexity index is 1240. The molecule has 1 amide bonds. The van der Waals surface area contributed by atoms with Gasteiger partial charge in [-0.1, -0.05) is 0 Å². The molecule has 31 heavy (non-hydrogen) atoms. The number of ether oxygens (including phenoxy) is 1. The number of morpholine rings is 1. The van der Waals surface area contributed by atoms with Crippen molar-refractivity contribution in [3.8, 4) is 17.1 Å². The molecular weight excluding hydrogens is 398 g/mol. The number of amides is 1. The smallest absolute Gasteiger partial charge is 0.222 e. The van der Waals surface area contributed by atoms with Crippen LogP contribution in [-0.2, 0) is 16.6 Å². The molecule has 1 fully saturated rings. The van der Waals surface area contributed by atoms with Crippen LogP contribution in [-0.4, -0.2) is 66.4 Å². The normalized spacial score (nSPS) is 16.7. The number of rotatable bonds is 4. The molecule has 2 N–H and O–H groups in total. The average molecular weight is 421 g/mol. The van der Waals surface area contributed by atoms with Gasteiger partial charge in [0.05, 0.1) is 36.5 Å². The van der Waals surface area contributed by atoms with E-state index in [4.69, 9.17) is 9.72 Å². The van der Waals surface area contributed by atoms with Crippen LogP contribution in [0.15, 0.2) is 30.6 Å². The summed E-state index contributed by atoms with van der Waals surface area (Å²) in [6.07, 6.45) is 3.40. The highest BCUT2D eigenvalue weighted by Gasteiger charge is 2.26. The Kier molecular flexibility index (Phi) is 4.66. The van der Waals surface area contributed by atoms with Gasteiger partial charge in [-0.25, -0.2) is 4.98 Å². The van der Waals surface area contributed by atoms with E-state index in [-0.39, 0.29) is 11.9 Å². The summed E-state index contributed by atoms with van der Waals surface area (Å²) >= 11 is 0. The lowest BCUT2D eigenvalue weighted by atomic mass is 10.1. The lowest BCUT2D eigenvalue weighted by molar-refractivity contribution is -0.114. The number of nitrogens with one attached hydrogen (secondary N) is 2. The maximum atomic E-state index is 11.9. The first kappa shape index (κ1) is 19.2. The predicted molar refractivity (Wildman–Crippen MR) is 115 cm³/mol. The van der Waals surface area contributed by atoms with Crippen LogP contribution in [0.3, 0.4) is 0 Å². The van der Waals surface area contributed by atoms with Crippen LogP contribution in [0.4, 0.5) is 11.6 Å². The molecule has 0 aromatic carbocycles. The summed E-state index contributed by atoms with van der Waals surface area (Å²) in [6, 6.07) is 5.95. The average Bonchev–Trinajstić information content (AvgIpc) is 3.48. The van der Waals surface area contributed by atoms with Gasteiger partial charge in [0, 0.05) is 38.3 Å². The van der Waals surface area contributed by atoms with Crippen molar-refractivity contribution in [1.82, 2.24) is 34.7 Å². The van der Waals surface area contributed by atoms with Crippen LogP contribution in [0.2, 0.25) is 0 Å². The Balaban J connectivity index is 1.82. The van der Waals surface area contributed by atoms with Crippen LogP contribution in [0.1, 0.15) is 13.8 Å². The monoisotopic (exact) mass is 421 g/mol. The van der Waals surface area contributed by atoms with Gasteiger partial charge < -0.3 is 15.0 Å². The molecule has 11 nitrogen and oxygen atoms in total. The van der Waals surface area contributed by atoms with E-state index in [0.717, 1.165) is 29.0 Å². The number of carbonyl (C=O) groups is 1. The van der Waals surface area contributed by atoms with Crippen molar-refractivity contribution in [1.29, 1.82) is 0 Å². The molecule has 11 heteroatoms. The highest BCUT2D eigenvalue weighted by atomic mass is 16.5. The Labute approximate surface area is 178 Å². The first-order valence-electron chi connectivity index (χ1n) is 10.1. The zero-order chi connectivity index (χ0) is 21.5. The van der Waals surface area contributed by atoms with E-state index < -0.39 is 0 Å². The molecule has 5 heterocycles. The number of nitrogens with zero attached hydrogens (tertiary/aromatic N) is 7. The van der Waals surface area contributed by atoms with Gasteiger partial charge in [-0.15, -0.1) is 5.10 Å². The van der Waals surface area contributed by atoms with Crippen molar-refractivity contribution in [2.75, 3.05) is 30.0 Å². The van der Waals surface area contributed by atoms with Crippen molar-refractivity contribution in [2.45, 2.75) is 19.9 Å². The zero-order valence-electron chi connectivity index (χ0n) is 17.5. The maximum absolute atomic E-state index is 11.9. The molecule has 1 atom stereocenters. The maximum Gasteiger partial charge on any atom is 0.222 e. The minimum Gasteiger partial charge on any atom is -0.377 e. The zero-order valence-corrected chi connectivity index (χ0v) is 17.5. The van der Waals surface area contributed by atoms with Crippen molar-refractivity contribution in [3.05, 3.63) is 30.6 Å². The number of carbonyl (C=O) groups excluding carboxylic acids is 1. The number of aromatic amines is 1. The third kappa shape index (κ3) is 3.32. The standard InChI is InChI=1S/C20H23N9O2/c1-12-11-31-9-8-28(12)17-10-14(15-4-7-22-27(15)3)18-19(23-13(2)30)26-29(20(18)24-17)16-5-6-21-25-16/h4-7,10,12H,8-9,11H2,1-3H3,(H,21,25)(H,23,26,30). The molecule has 5 rings (SSSR count). The van der Waals surface area contributed by atoms with Gasteiger partial charge in [-0.3, -0.25) is 14.6 Å². The SMILES string of the molecule is CC(=O)Nc1nn(-c2ccn[nH]2)c2nc(N3CCOCC3C)cc(-c3ccnn3C)c12. The van der Waals surface area contributed by atoms with Crippen LogP contribution in [0.5, 0.6) is 0 Å². The minimum atomic E-state index is -0.210. The lowest BCUT2D eigenvalue weighted by Gasteiger charge is -2.34. The topological polar surface area (TPSA) is 119 Å². The molecule has 0 spiro atoms. The third-order valence-electron chi connectivity index (χ3n) is 5.39. The number of aromatic nitrogens is 7. The van der Waals surface area contributed by atoms with E-state index in [0.29, 0.717) is 30.5 Å². The largest absolute Gasteiger partial charge is 0.377 e. The number of pyridine rings is 1. The molecule has 1 saturated heterocycles. The summed E-state index contributed by atoms with van der Waals surface area (Å²) in [5.41, 5.74) is 2.39. The summed E-state index contributed by atoms with van der Waals surface area (Å²) < 4.78 is 9.08. The van der Waals surface area contributed by atoms with Crippen LogP contribution < -0.4 is 10.2 Å². The van der Waals surface area contributed by atoms with Crippen LogP contribution in [0.25, 0.3) is 28.1 Å². The second kappa shape index (κ2) is 7.51. The molecule has 0 saturated carbocycles. The molecule has 0 aliphatic carbocycles. The molecule has 1 aliphatic heterocycles. The second-order valence-corrected chi connectivity index (χ2v) is 7.57. The molecule has 4 aromatic rings. The van der Waals surface area contributed by atoms with Gasteiger partial charge in [-0.2, -0.15) is 14.9 Å². The number of anilines is 2. The van der Waals surface area contributed by atoms with Crippen molar-refractivity contribution >= 4 is 28.6 Å². The second-order valence-electron chi connectivity index (χ2n) is 7.57. The summed E-state index contributed by atoms with van der Waals surface area (Å²) in [5.74, 6) is 1.69. The predicted octanol–water partition coefficient (Wildman–Crippen LogP) is 1.73. The van der Waals surface area contributed by atoms with Gasteiger partial charge in [0.1, 0.15) is 5.82 Å². The van der Waals surface area contributed by atoms with Gasteiger partial charge >= 0.3 is 0 Å². The fourth-order valence-electron chi connectivity index (χ4n) is 3.95. The van der Waals surface area contributed by atoms with Crippen LogP contribution in [0, 0.1) is 0 Å². The highest BCUT2D eigenvalue weighted by molar-refractivity contribution is 6.06. The fraction of sp³-hybridized carbons (Fsp3) is 0.350. The van der Waals surface area contributed by atoms with E-state index in [9.17, 15) is 4.79 Å². The van der Waals surface area contributed by atoms with E-state index in [2.05, 4.69) is 37.5 Å². The Morgan fingerprint density at radius 2 is 2.19 bits per heavy atom. The number of fused-ring (bicyclic) bond motifs is 1. The van der Waals surface area contributed by atoms with Crippen LogP contribution >= 0.6 is 0 Å². The summed E-state index contributed by atoms with van der Waals surface area (Å²) in [7, 11) is 1.88. The van der Waals surface area contributed by atoms with E-state index in [1.807, 2.05) is 19.2 Å². The molecule has 0 bridgehead atoms. The lowest BCUT2D eigenvalue weighted by Crippen LogP contribution is -2.44. The molecule has 0 radical (unpaired) electrons. The van der Waals surface area contributed by atoms with Crippen molar-refractivity contribution in [2.24, 2.45) is 7.05 Å². The van der Waals surface area contributed by atoms with E-state index in [1.54, 1.807) is 27.8 Å². The van der Waals surface area contributed by atoms with E-state index >= 15 is 0 Å². The Morgan fingerprint density at radius 1 is 1.32 bits per heavy atom. The van der Waals surface area contributed by atoms with Gasteiger partial charge in [-0.05, 0) is 19.1 Å². The molecule has 1 unspecified atom stereocenters. The van der Waals surface area contributed by atoms with Gasteiger partial charge in [0.15, 0.2) is 17.3 Å². The molecule has 1 aliphatic rings. The number of hydrogen-bond acceptors (Lipinski definition) is 7. The first-order valence-corrected chi connectivity index (χ1v) is 10.1. The highest BCUT2D eigenvalue weighted by Crippen LogP contribution is 2.37. The quantitative estimate of drug-likeness (QED) is 0.515. The molecule has 4 aromatic heterocycles. The Hall–Kier alpha value is -3.73. The summed E-state index contributed by atoms with van der Waals surface area (Å²) in [4.78, 5) is 19.1. The number of H-pyrrole nitrogens is 1. The first-order chi connectivity index (χ1) is 15.0. The summed E-state index contributed by atoms with van der Waals surface area (Å²) in [6.45, 7) is 5.59. The molecular formula is C20H23N9O2. The van der Waals surface area contributed by atoms with Crippen molar-refractivity contribution < 1.29 is 9.53 Å². The Morgan fingerprint density at radius 3 is 2.87 bits per heavy atom. The third-order valence-corrected chi connectivity index (χ3v) is 5.39. The van der Waals surface area contributed by atoms with Gasteiger partial charge in [0.2, 0.25) is 5.91 Å².